The van der Waals surface area contributed by atoms with E-state index in [-0.39, 0.29) is 25.7 Å². The van der Waals surface area contributed by atoms with Gasteiger partial charge < -0.3 is 14.6 Å². The van der Waals surface area contributed by atoms with Crippen molar-refractivity contribution in [1.82, 2.24) is 10.0 Å². The van der Waals surface area contributed by atoms with Crippen LogP contribution in [0.2, 0.25) is 0 Å². The van der Waals surface area contributed by atoms with Crippen molar-refractivity contribution in [3.05, 3.63) is 88.2 Å². The predicted octanol–water partition coefficient (Wildman–Crippen LogP) is 4.73. The van der Waals surface area contributed by atoms with Gasteiger partial charge in [-0.1, -0.05) is 54.6 Å². The van der Waals surface area contributed by atoms with Gasteiger partial charge in [0.25, 0.3) is 0 Å². The van der Waals surface area contributed by atoms with Crippen molar-refractivity contribution in [3.8, 4) is 11.1 Å². The van der Waals surface area contributed by atoms with Gasteiger partial charge in [0, 0.05) is 24.1 Å². The number of nitrogens with zero attached hydrogens (tertiary/aromatic N) is 2. The average Bonchev–Trinajstić information content (AvgIpc) is 3.20. The standard InChI is InChI=1S/C26H23BrN2O6/c27-23-10-9-17(13-28-23)26(34-15-24(30)31)11-12-35-29(16-26)25(32)33-14-22-20-7-3-1-5-18(20)19-6-2-4-8-21(19)22/h1-10,13,22H,11-12,14-16H2,(H,30,31). The Morgan fingerprint density at radius 1 is 1.09 bits per heavy atom. The Hall–Kier alpha value is -3.27. The van der Waals surface area contributed by atoms with E-state index in [1.807, 2.05) is 24.3 Å². The van der Waals surface area contributed by atoms with Crippen LogP contribution in [0.3, 0.4) is 0 Å². The molecule has 1 N–H and O–H groups in total. The first kappa shape index (κ1) is 23.5. The largest absolute Gasteiger partial charge is 0.480 e. The van der Waals surface area contributed by atoms with Gasteiger partial charge >= 0.3 is 12.1 Å². The van der Waals surface area contributed by atoms with Crippen LogP contribution < -0.4 is 0 Å². The van der Waals surface area contributed by atoms with E-state index in [1.54, 1.807) is 18.3 Å². The highest BCUT2D eigenvalue weighted by molar-refractivity contribution is 9.10. The number of carboxylic acid groups (broad SMARTS) is 1. The average molecular weight is 539 g/mol. The van der Waals surface area contributed by atoms with E-state index < -0.39 is 24.3 Å². The number of ether oxygens (including phenoxy) is 2. The third kappa shape index (κ3) is 4.67. The minimum Gasteiger partial charge on any atom is -0.480 e. The molecule has 1 aliphatic heterocycles. The van der Waals surface area contributed by atoms with Gasteiger partial charge in [-0.05, 0) is 44.3 Å². The number of halogens is 1. The van der Waals surface area contributed by atoms with E-state index in [2.05, 4.69) is 45.2 Å². The van der Waals surface area contributed by atoms with Gasteiger partial charge in [0.2, 0.25) is 0 Å². The predicted molar refractivity (Wildman–Crippen MR) is 130 cm³/mol. The summed E-state index contributed by atoms with van der Waals surface area (Å²) in [6.07, 6.45) is 1.31. The minimum atomic E-state index is -1.10. The van der Waals surface area contributed by atoms with Crippen LogP contribution in [-0.2, 0) is 24.7 Å². The van der Waals surface area contributed by atoms with Gasteiger partial charge in [-0.2, -0.15) is 5.06 Å². The highest BCUT2D eigenvalue weighted by atomic mass is 79.9. The molecule has 1 unspecified atom stereocenters. The summed E-state index contributed by atoms with van der Waals surface area (Å²) >= 11 is 3.31. The van der Waals surface area contributed by atoms with Gasteiger partial charge in [0.05, 0.1) is 13.2 Å². The van der Waals surface area contributed by atoms with Crippen LogP contribution >= 0.6 is 15.9 Å². The molecule has 0 spiro atoms. The molecule has 1 fully saturated rings. The summed E-state index contributed by atoms with van der Waals surface area (Å²) < 4.78 is 12.2. The molecule has 0 radical (unpaired) electrons. The molecular weight excluding hydrogens is 516 g/mol. The summed E-state index contributed by atoms with van der Waals surface area (Å²) in [7, 11) is 0. The second-order valence-electron chi connectivity index (χ2n) is 8.47. The number of hydroxylamine groups is 2. The van der Waals surface area contributed by atoms with Crippen molar-refractivity contribution in [2.45, 2.75) is 17.9 Å². The number of aromatic nitrogens is 1. The summed E-state index contributed by atoms with van der Waals surface area (Å²) in [5.41, 5.74) is 4.07. The van der Waals surface area contributed by atoms with Crippen molar-refractivity contribution in [2.24, 2.45) is 0 Å². The van der Waals surface area contributed by atoms with Crippen LogP contribution in [0.1, 0.15) is 29.0 Å². The van der Waals surface area contributed by atoms with Crippen molar-refractivity contribution >= 4 is 28.0 Å². The number of hydrogen-bond donors (Lipinski definition) is 1. The minimum absolute atomic E-state index is 0.0275. The molecule has 1 saturated heterocycles. The van der Waals surface area contributed by atoms with Crippen LogP contribution in [0, 0.1) is 0 Å². The summed E-state index contributed by atoms with van der Waals surface area (Å²) in [5.74, 6) is -1.19. The molecule has 0 bridgehead atoms. The summed E-state index contributed by atoms with van der Waals surface area (Å²) in [5, 5.41) is 10.3. The molecule has 1 aromatic heterocycles. The molecule has 1 atom stereocenters. The number of carbonyl (C=O) groups excluding carboxylic acids is 1. The lowest BCUT2D eigenvalue weighted by Crippen LogP contribution is -2.51. The second kappa shape index (κ2) is 9.77. The van der Waals surface area contributed by atoms with E-state index in [0.717, 1.165) is 27.3 Å². The maximum atomic E-state index is 13.1. The van der Waals surface area contributed by atoms with Crippen LogP contribution in [0.25, 0.3) is 11.1 Å². The number of benzene rings is 2. The zero-order valence-corrected chi connectivity index (χ0v) is 20.3. The molecule has 0 saturated carbocycles. The highest BCUT2D eigenvalue weighted by Gasteiger charge is 2.42. The van der Waals surface area contributed by atoms with E-state index in [1.165, 1.54) is 0 Å². The smallest absolute Gasteiger partial charge is 0.434 e. The lowest BCUT2D eigenvalue weighted by Gasteiger charge is -2.41. The molecule has 2 aromatic carbocycles. The van der Waals surface area contributed by atoms with Gasteiger partial charge in [0.15, 0.2) is 0 Å². The molecule has 9 heteroatoms. The second-order valence-corrected chi connectivity index (χ2v) is 9.28. The van der Waals surface area contributed by atoms with Gasteiger partial charge in [-0.3, -0.25) is 4.84 Å². The third-order valence-electron chi connectivity index (χ3n) is 6.42. The number of carboxylic acids is 1. The Bertz CT molecular complexity index is 1210. The maximum Gasteiger partial charge on any atom is 0.434 e. The molecule has 35 heavy (non-hydrogen) atoms. The van der Waals surface area contributed by atoms with Crippen molar-refractivity contribution in [3.63, 3.8) is 0 Å². The van der Waals surface area contributed by atoms with Crippen LogP contribution in [0.4, 0.5) is 4.79 Å². The summed E-state index contributed by atoms with van der Waals surface area (Å²) in [6.45, 7) is -0.246. The third-order valence-corrected chi connectivity index (χ3v) is 6.89. The van der Waals surface area contributed by atoms with Gasteiger partial charge in [-0.15, -0.1) is 0 Å². The maximum absolute atomic E-state index is 13.1. The van der Waals surface area contributed by atoms with E-state index in [0.29, 0.717) is 16.6 Å². The normalized spacial score (nSPS) is 19.2. The number of aliphatic carboxylic acids is 1. The SMILES string of the molecule is O=C(O)COC1(c2ccc(Br)nc2)CCON(C(=O)OCC2c3ccccc3-c3ccccc32)C1. The topological polar surface area (TPSA) is 98.2 Å². The molecule has 3 aromatic rings. The lowest BCUT2D eigenvalue weighted by atomic mass is 9.90. The van der Waals surface area contributed by atoms with Crippen LogP contribution in [0.15, 0.2) is 71.5 Å². The van der Waals surface area contributed by atoms with E-state index in [4.69, 9.17) is 14.3 Å². The Kier molecular flexibility index (Phi) is 6.55. The number of carbonyl (C=O) groups is 2. The first-order valence-electron chi connectivity index (χ1n) is 11.2. The number of pyridine rings is 1. The molecule has 5 rings (SSSR count). The number of rotatable bonds is 6. The van der Waals surface area contributed by atoms with Crippen molar-refractivity contribution in [1.29, 1.82) is 0 Å². The number of amides is 1. The fraction of sp³-hybridized carbons (Fsp3) is 0.269. The lowest BCUT2D eigenvalue weighted by molar-refractivity contribution is -0.230. The fourth-order valence-electron chi connectivity index (χ4n) is 4.74. The quantitative estimate of drug-likeness (QED) is 0.453. The number of fused-ring (bicyclic) bond motifs is 3. The van der Waals surface area contributed by atoms with E-state index >= 15 is 0 Å². The molecule has 2 aliphatic rings. The Labute approximate surface area is 210 Å². The Morgan fingerprint density at radius 3 is 2.40 bits per heavy atom. The van der Waals surface area contributed by atoms with Crippen molar-refractivity contribution < 1.29 is 29.0 Å². The highest BCUT2D eigenvalue weighted by Crippen LogP contribution is 2.44. The first-order chi connectivity index (χ1) is 17.0. The molecule has 1 amide bonds. The van der Waals surface area contributed by atoms with Gasteiger partial charge in [-0.25, -0.2) is 14.6 Å². The first-order valence-corrected chi connectivity index (χ1v) is 12.0. The van der Waals surface area contributed by atoms with Crippen LogP contribution in [0.5, 0.6) is 0 Å². The molecule has 2 heterocycles. The zero-order valence-electron chi connectivity index (χ0n) is 18.7. The number of hydrogen-bond acceptors (Lipinski definition) is 6. The molecule has 180 valence electrons. The fourth-order valence-corrected chi connectivity index (χ4v) is 4.98. The summed E-state index contributed by atoms with van der Waals surface area (Å²) in [6, 6.07) is 19.7. The molecule has 1 aliphatic carbocycles. The Balaban J connectivity index is 1.33. The van der Waals surface area contributed by atoms with Crippen LogP contribution in [-0.4, -0.2) is 53.6 Å². The zero-order chi connectivity index (χ0) is 24.4. The summed E-state index contributed by atoms with van der Waals surface area (Å²) in [4.78, 5) is 34.2. The van der Waals surface area contributed by atoms with Crippen molar-refractivity contribution in [2.75, 3.05) is 26.4 Å². The van der Waals surface area contributed by atoms with Gasteiger partial charge in [0.1, 0.15) is 23.4 Å². The Morgan fingerprint density at radius 2 is 1.77 bits per heavy atom. The monoisotopic (exact) mass is 538 g/mol. The van der Waals surface area contributed by atoms with E-state index in [9.17, 15) is 14.7 Å². The molecule has 8 nitrogen and oxygen atoms in total. The molecular formula is C26H23BrN2O6.